The van der Waals surface area contributed by atoms with Gasteiger partial charge < -0.3 is 4.57 Å². The van der Waals surface area contributed by atoms with Gasteiger partial charge in [0, 0.05) is 31.5 Å². The molecule has 0 saturated carbocycles. The van der Waals surface area contributed by atoms with Crippen LogP contribution in [-0.2, 0) is 13.6 Å². The predicted octanol–water partition coefficient (Wildman–Crippen LogP) is 0.763. The van der Waals surface area contributed by atoms with E-state index in [4.69, 9.17) is 0 Å². The molecular weight excluding hydrogens is 244 g/mol. The number of nitrogens with zero attached hydrogens (tertiary/aromatic N) is 4. The van der Waals surface area contributed by atoms with Gasteiger partial charge in [-0.1, -0.05) is 6.92 Å². The van der Waals surface area contributed by atoms with E-state index < -0.39 is 0 Å². The second kappa shape index (κ2) is 5.26. The summed E-state index contributed by atoms with van der Waals surface area (Å²) in [5.74, 6) is 0. The summed E-state index contributed by atoms with van der Waals surface area (Å²) in [4.78, 5) is 23.6. The lowest BCUT2D eigenvalue weighted by atomic mass is 10.3. The first-order valence-electron chi connectivity index (χ1n) is 6.33. The lowest BCUT2D eigenvalue weighted by molar-refractivity contribution is 0.471. The predicted molar refractivity (Wildman–Crippen MR) is 72.3 cm³/mol. The molecule has 0 saturated heterocycles. The van der Waals surface area contributed by atoms with E-state index in [1.807, 2.05) is 16.9 Å². The smallest absolute Gasteiger partial charge is 0.303 e. The van der Waals surface area contributed by atoms with E-state index in [0.717, 1.165) is 6.42 Å². The highest BCUT2D eigenvalue weighted by Crippen LogP contribution is 2.09. The summed E-state index contributed by atoms with van der Waals surface area (Å²) < 4.78 is 4.42. The summed E-state index contributed by atoms with van der Waals surface area (Å²) in [7, 11) is 1.62. The fourth-order valence-electron chi connectivity index (χ4n) is 1.82. The van der Waals surface area contributed by atoms with Gasteiger partial charge >= 0.3 is 5.69 Å². The minimum Gasteiger partial charge on any atom is -0.303 e. The molecule has 0 radical (unpaired) electrons. The first-order chi connectivity index (χ1) is 9.02. The fraction of sp³-hybridized carbons (Fsp3) is 0.462. The van der Waals surface area contributed by atoms with Crippen molar-refractivity contribution in [2.75, 3.05) is 0 Å². The molecule has 1 atom stereocenters. The summed E-state index contributed by atoms with van der Waals surface area (Å²) in [6.45, 7) is 4.36. The second-order valence-electron chi connectivity index (χ2n) is 4.68. The first kappa shape index (κ1) is 13.3. The average Bonchev–Trinajstić information content (AvgIpc) is 2.87. The van der Waals surface area contributed by atoms with Crippen LogP contribution in [0.25, 0.3) is 0 Å². The zero-order valence-electron chi connectivity index (χ0n) is 11.4. The topological polar surface area (TPSA) is 61.8 Å². The third kappa shape index (κ3) is 2.67. The molecule has 0 spiro atoms. The Kier molecular flexibility index (Phi) is 3.69. The van der Waals surface area contributed by atoms with Crippen molar-refractivity contribution in [2.45, 2.75) is 32.9 Å². The maximum absolute atomic E-state index is 11.9. The van der Waals surface area contributed by atoms with Gasteiger partial charge in [-0.25, -0.2) is 4.79 Å². The fourth-order valence-corrected chi connectivity index (χ4v) is 1.82. The van der Waals surface area contributed by atoms with E-state index >= 15 is 0 Å². The normalized spacial score (nSPS) is 12.6. The van der Waals surface area contributed by atoms with Gasteiger partial charge in [-0.05, 0) is 19.4 Å². The van der Waals surface area contributed by atoms with Crippen molar-refractivity contribution in [3.8, 4) is 0 Å². The standard InChI is InChI=1S/C13H18N4O2/c1-4-10(2)17-8-5-11(14-17)9-16-12(18)6-7-15(3)13(16)19/h5-8,10H,4,9H2,1-3H3. The van der Waals surface area contributed by atoms with Crippen LogP contribution in [0.1, 0.15) is 32.0 Å². The molecule has 19 heavy (non-hydrogen) atoms. The first-order valence-corrected chi connectivity index (χ1v) is 6.33. The summed E-state index contributed by atoms with van der Waals surface area (Å²) in [5.41, 5.74) is 0.0810. The number of aromatic nitrogens is 4. The summed E-state index contributed by atoms with van der Waals surface area (Å²) in [5, 5.41) is 4.40. The molecule has 2 rings (SSSR count). The van der Waals surface area contributed by atoms with Crippen molar-refractivity contribution in [1.29, 1.82) is 0 Å². The third-order valence-corrected chi connectivity index (χ3v) is 3.27. The molecule has 0 amide bonds. The molecule has 2 aromatic rings. The molecule has 102 valence electrons. The maximum Gasteiger partial charge on any atom is 0.331 e. The molecule has 0 aliphatic rings. The number of aryl methyl sites for hydroxylation is 1. The van der Waals surface area contributed by atoms with Crippen LogP contribution in [0.2, 0.25) is 0 Å². The molecular formula is C13H18N4O2. The molecule has 2 aromatic heterocycles. The SMILES string of the molecule is CCC(C)n1ccc(Cn2c(=O)ccn(C)c2=O)n1. The van der Waals surface area contributed by atoms with Gasteiger partial charge in [0.05, 0.1) is 12.2 Å². The highest BCUT2D eigenvalue weighted by molar-refractivity contribution is 5.01. The van der Waals surface area contributed by atoms with Crippen LogP contribution in [-0.4, -0.2) is 18.9 Å². The molecule has 6 nitrogen and oxygen atoms in total. The maximum atomic E-state index is 11.9. The van der Waals surface area contributed by atoms with E-state index in [1.54, 1.807) is 7.05 Å². The van der Waals surface area contributed by atoms with Crippen LogP contribution >= 0.6 is 0 Å². The molecule has 2 heterocycles. The Balaban J connectivity index is 2.32. The van der Waals surface area contributed by atoms with Gasteiger partial charge in [0.15, 0.2) is 0 Å². The van der Waals surface area contributed by atoms with Gasteiger partial charge in [-0.2, -0.15) is 5.10 Å². The molecule has 0 aliphatic carbocycles. The molecule has 0 N–H and O–H groups in total. The number of rotatable bonds is 4. The zero-order chi connectivity index (χ0) is 14.0. The van der Waals surface area contributed by atoms with Gasteiger partial charge in [0.25, 0.3) is 5.56 Å². The molecule has 0 fully saturated rings. The van der Waals surface area contributed by atoms with Crippen LogP contribution in [0.4, 0.5) is 0 Å². The van der Waals surface area contributed by atoms with Crippen molar-refractivity contribution in [3.63, 3.8) is 0 Å². The second-order valence-corrected chi connectivity index (χ2v) is 4.68. The Morgan fingerprint density at radius 1 is 1.26 bits per heavy atom. The quantitative estimate of drug-likeness (QED) is 0.817. The Morgan fingerprint density at radius 2 is 2.00 bits per heavy atom. The highest BCUT2D eigenvalue weighted by atomic mass is 16.2. The van der Waals surface area contributed by atoms with E-state index in [2.05, 4.69) is 18.9 Å². The molecule has 6 heteroatoms. The van der Waals surface area contributed by atoms with Crippen LogP contribution < -0.4 is 11.2 Å². The Morgan fingerprint density at radius 3 is 2.68 bits per heavy atom. The Bertz CT molecular complexity index is 680. The van der Waals surface area contributed by atoms with E-state index in [0.29, 0.717) is 11.7 Å². The summed E-state index contributed by atoms with van der Waals surface area (Å²) in [6, 6.07) is 3.53. The average molecular weight is 262 g/mol. The van der Waals surface area contributed by atoms with Gasteiger partial charge in [-0.3, -0.25) is 14.0 Å². The molecule has 0 bridgehead atoms. The monoisotopic (exact) mass is 262 g/mol. The van der Waals surface area contributed by atoms with E-state index in [9.17, 15) is 9.59 Å². The highest BCUT2D eigenvalue weighted by Gasteiger charge is 2.08. The summed E-state index contributed by atoms with van der Waals surface area (Å²) in [6.07, 6.45) is 4.33. The molecule has 1 unspecified atom stereocenters. The minimum atomic E-state index is -0.328. The Labute approximate surface area is 110 Å². The van der Waals surface area contributed by atoms with Gasteiger partial charge in [0.1, 0.15) is 0 Å². The van der Waals surface area contributed by atoms with E-state index in [1.165, 1.54) is 21.4 Å². The van der Waals surface area contributed by atoms with Crippen molar-refractivity contribution < 1.29 is 0 Å². The van der Waals surface area contributed by atoms with Crippen LogP contribution in [0.3, 0.4) is 0 Å². The van der Waals surface area contributed by atoms with Gasteiger partial charge in [0.2, 0.25) is 0 Å². The van der Waals surface area contributed by atoms with Crippen molar-refractivity contribution in [2.24, 2.45) is 7.05 Å². The lowest BCUT2D eigenvalue weighted by Gasteiger charge is -2.08. The molecule has 0 aromatic carbocycles. The Hall–Kier alpha value is -2.11. The van der Waals surface area contributed by atoms with Gasteiger partial charge in [-0.15, -0.1) is 0 Å². The number of hydrogen-bond acceptors (Lipinski definition) is 3. The van der Waals surface area contributed by atoms with Crippen molar-refractivity contribution >= 4 is 0 Å². The van der Waals surface area contributed by atoms with Crippen molar-refractivity contribution in [1.82, 2.24) is 18.9 Å². The number of hydrogen-bond donors (Lipinski definition) is 0. The minimum absolute atomic E-state index is 0.204. The van der Waals surface area contributed by atoms with Crippen LogP contribution in [0.5, 0.6) is 0 Å². The lowest BCUT2D eigenvalue weighted by Crippen LogP contribution is -2.38. The zero-order valence-corrected chi connectivity index (χ0v) is 11.4. The van der Waals surface area contributed by atoms with Crippen molar-refractivity contribution in [3.05, 3.63) is 51.1 Å². The summed E-state index contributed by atoms with van der Waals surface area (Å²) >= 11 is 0. The van der Waals surface area contributed by atoms with E-state index in [-0.39, 0.29) is 17.8 Å². The molecule has 0 aliphatic heterocycles. The van der Waals surface area contributed by atoms with Crippen LogP contribution in [0, 0.1) is 0 Å². The largest absolute Gasteiger partial charge is 0.331 e. The van der Waals surface area contributed by atoms with Crippen LogP contribution in [0.15, 0.2) is 34.1 Å². The third-order valence-electron chi connectivity index (χ3n) is 3.27.